The van der Waals surface area contributed by atoms with Crippen LogP contribution in [0, 0.1) is 31.7 Å². The zero-order valence-electron chi connectivity index (χ0n) is 22.7. The van der Waals surface area contributed by atoms with Crippen molar-refractivity contribution >= 4 is 38.1 Å². The summed E-state index contributed by atoms with van der Waals surface area (Å²) in [4.78, 5) is 16.6. The smallest absolute Gasteiger partial charge is 0.162 e. The number of rotatable bonds is 8. The normalized spacial score (nSPS) is 11.5. The Kier molecular flexibility index (Phi) is 12.2. The van der Waals surface area contributed by atoms with Crippen molar-refractivity contribution in [2.45, 2.75) is 67.2 Å². The van der Waals surface area contributed by atoms with Gasteiger partial charge in [0.25, 0.3) is 0 Å². The number of nitrogens with zero attached hydrogens (tertiary/aromatic N) is 1. The Morgan fingerprint density at radius 3 is 2.24 bits per heavy atom. The number of pyridine rings is 1. The van der Waals surface area contributed by atoms with E-state index in [1.165, 1.54) is 27.1 Å². The predicted octanol–water partition coefficient (Wildman–Crippen LogP) is 9.40. The SMILES string of the molecule is CCC(CC)C(=O)/C=C(\O)C(CC)CC.Cc1[c-]c(-c2nc3ccccc3c3ccsc23)cc(C)c1.[Ir]. The number of fused-ring (bicyclic) bond motifs is 3. The Balaban J connectivity index is 0.000000271. The Bertz CT molecular complexity index is 1330. The van der Waals surface area contributed by atoms with Crippen LogP contribution in [0.15, 0.2) is 59.7 Å². The van der Waals surface area contributed by atoms with E-state index in [4.69, 9.17) is 4.98 Å². The molecule has 1 N–H and O–H groups in total. The van der Waals surface area contributed by atoms with E-state index in [0.29, 0.717) is 0 Å². The van der Waals surface area contributed by atoms with Crippen molar-refractivity contribution in [3.63, 3.8) is 0 Å². The number of aliphatic hydroxyl groups is 1. The number of hydrogen-bond donors (Lipinski definition) is 1. The number of carbonyl (C=O) groups is 1. The second kappa shape index (κ2) is 14.6. The third-order valence-electron chi connectivity index (χ3n) is 6.79. The van der Waals surface area contributed by atoms with Crippen LogP contribution in [0.3, 0.4) is 0 Å². The Morgan fingerprint density at radius 1 is 0.973 bits per heavy atom. The van der Waals surface area contributed by atoms with E-state index in [9.17, 15) is 9.90 Å². The fourth-order valence-corrected chi connectivity index (χ4v) is 5.57. The maximum Gasteiger partial charge on any atom is 0.162 e. The summed E-state index contributed by atoms with van der Waals surface area (Å²) in [5, 5.41) is 14.4. The summed E-state index contributed by atoms with van der Waals surface area (Å²) in [7, 11) is 0. The van der Waals surface area contributed by atoms with Gasteiger partial charge in [0.1, 0.15) is 0 Å². The number of benzene rings is 2. The number of allylic oxidation sites excluding steroid dienone is 2. The van der Waals surface area contributed by atoms with Crippen LogP contribution in [0.2, 0.25) is 0 Å². The van der Waals surface area contributed by atoms with Crippen molar-refractivity contribution < 1.29 is 30.0 Å². The molecule has 1 radical (unpaired) electrons. The van der Waals surface area contributed by atoms with Crippen molar-refractivity contribution in [2.24, 2.45) is 11.8 Å². The average Bonchev–Trinajstić information content (AvgIpc) is 3.35. The van der Waals surface area contributed by atoms with Gasteiger partial charge in [0, 0.05) is 53.8 Å². The summed E-state index contributed by atoms with van der Waals surface area (Å²) in [6, 6.07) is 18.3. The second-order valence-corrected chi connectivity index (χ2v) is 10.3. The van der Waals surface area contributed by atoms with Gasteiger partial charge in [-0.1, -0.05) is 59.7 Å². The Hall–Kier alpha value is -2.33. The molecule has 0 fully saturated rings. The summed E-state index contributed by atoms with van der Waals surface area (Å²) >= 11 is 1.75. The van der Waals surface area contributed by atoms with E-state index < -0.39 is 0 Å². The molecule has 2 heterocycles. The summed E-state index contributed by atoms with van der Waals surface area (Å²) in [5.74, 6) is 0.547. The number of carbonyl (C=O) groups excluding carboxylic acids is 1. The van der Waals surface area contributed by atoms with E-state index >= 15 is 0 Å². The molecule has 0 saturated heterocycles. The number of thiophene rings is 1. The molecule has 0 aliphatic heterocycles. The monoisotopic (exact) mass is 693 g/mol. The molecule has 0 aliphatic rings. The first kappa shape index (κ1) is 30.9. The molecular formula is C32H38IrNO2S-. The number of hydrogen-bond acceptors (Lipinski definition) is 4. The van der Waals surface area contributed by atoms with Crippen LogP contribution < -0.4 is 0 Å². The van der Waals surface area contributed by atoms with Gasteiger partial charge in [-0.25, -0.2) is 0 Å². The topological polar surface area (TPSA) is 50.2 Å². The molecule has 0 bridgehead atoms. The zero-order chi connectivity index (χ0) is 26.2. The van der Waals surface area contributed by atoms with Crippen LogP contribution in [0.25, 0.3) is 32.2 Å². The molecule has 0 saturated carbocycles. The van der Waals surface area contributed by atoms with E-state index in [-0.39, 0.29) is 43.5 Å². The van der Waals surface area contributed by atoms with Gasteiger partial charge >= 0.3 is 0 Å². The van der Waals surface area contributed by atoms with Gasteiger partial charge in [0.2, 0.25) is 0 Å². The number of ketones is 1. The van der Waals surface area contributed by atoms with Crippen molar-refractivity contribution in [1.29, 1.82) is 0 Å². The summed E-state index contributed by atoms with van der Waals surface area (Å²) in [6.07, 6.45) is 4.91. The Labute approximate surface area is 239 Å². The van der Waals surface area contributed by atoms with Crippen LogP contribution in [0.1, 0.15) is 64.5 Å². The fraction of sp³-hybridized carbons (Fsp3) is 0.375. The van der Waals surface area contributed by atoms with Crippen LogP contribution in [0.5, 0.6) is 0 Å². The molecule has 2 aromatic carbocycles. The van der Waals surface area contributed by atoms with Gasteiger partial charge in [-0.05, 0) is 48.6 Å². The fourth-order valence-electron chi connectivity index (χ4n) is 4.66. The molecule has 199 valence electrons. The number of aromatic nitrogens is 1. The predicted molar refractivity (Wildman–Crippen MR) is 155 cm³/mol. The quantitative estimate of drug-likeness (QED) is 0.114. The number of aliphatic hydroxyl groups excluding tert-OH is 1. The molecule has 0 atom stereocenters. The minimum atomic E-state index is 0. The first-order valence-electron chi connectivity index (χ1n) is 13.0. The molecule has 0 amide bonds. The maximum atomic E-state index is 11.7. The molecule has 4 rings (SSSR count). The van der Waals surface area contributed by atoms with Crippen LogP contribution in [-0.4, -0.2) is 15.9 Å². The third-order valence-corrected chi connectivity index (χ3v) is 7.71. The number of para-hydroxylation sites is 1. The van der Waals surface area contributed by atoms with Crippen molar-refractivity contribution in [1.82, 2.24) is 4.98 Å². The van der Waals surface area contributed by atoms with Gasteiger partial charge in [-0.15, -0.1) is 34.9 Å². The minimum absolute atomic E-state index is 0. The van der Waals surface area contributed by atoms with Crippen molar-refractivity contribution in [3.05, 3.63) is 76.9 Å². The van der Waals surface area contributed by atoms with Crippen LogP contribution in [-0.2, 0) is 24.9 Å². The first-order valence-corrected chi connectivity index (χ1v) is 13.9. The van der Waals surface area contributed by atoms with Crippen molar-refractivity contribution in [2.75, 3.05) is 0 Å². The Morgan fingerprint density at radius 2 is 1.62 bits per heavy atom. The molecule has 4 aromatic rings. The summed E-state index contributed by atoms with van der Waals surface area (Å²) < 4.78 is 1.25. The van der Waals surface area contributed by atoms with E-state index in [0.717, 1.165) is 48.0 Å². The molecule has 5 heteroatoms. The van der Waals surface area contributed by atoms with Gasteiger partial charge in [-0.2, -0.15) is 11.3 Å². The van der Waals surface area contributed by atoms with E-state index in [1.54, 1.807) is 11.3 Å². The van der Waals surface area contributed by atoms with Gasteiger partial charge in [0.15, 0.2) is 5.78 Å². The second-order valence-electron chi connectivity index (χ2n) is 9.39. The minimum Gasteiger partial charge on any atom is -0.512 e. The van der Waals surface area contributed by atoms with Gasteiger partial charge < -0.3 is 5.11 Å². The molecule has 0 aliphatic carbocycles. The zero-order valence-corrected chi connectivity index (χ0v) is 25.9. The van der Waals surface area contributed by atoms with E-state index in [2.05, 4.69) is 61.7 Å². The largest absolute Gasteiger partial charge is 0.512 e. The third kappa shape index (κ3) is 7.60. The average molecular weight is 693 g/mol. The van der Waals surface area contributed by atoms with Crippen LogP contribution >= 0.6 is 11.3 Å². The molecule has 2 aromatic heterocycles. The molecule has 3 nitrogen and oxygen atoms in total. The summed E-state index contributed by atoms with van der Waals surface area (Å²) in [5.41, 5.74) is 5.59. The molecule has 37 heavy (non-hydrogen) atoms. The van der Waals surface area contributed by atoms with Crippen molar-refractivity contribution in [3.8, 4) is 11.3 Å². The van der Waals surface area contributed by atoms with Gasteiger partial charge in [-0.3, -0.25) is 9.78 Å². The number of aryl methyl sites for hydroxylation is 2. The standard InChI is InChI=1S/C19H14NS.C13H24O2.Ir/c1-12-9-13(2)11-14(10-12)18-19-16(7-8-21-19)15-5-3-4-6-17(15)20-18;1-5-10(6-2)12(14)9-13(15)11(7-3)8-4;/h3-10H,1-2H3;9-11,14H,5-8H2,1-4H3;/q-1;;/b;12-9-;. The first-order chi connectivity index (χ1) is 17.3. The van der Waals surface area contributed by atoms with Gasteiger partial charge in [0.05, 0.1) is 11.3 Å². The van der Waals surface area contributed by atoms with Crippen LogP contribution in [0.4, 0.5) is 0 Å². The summed E-state index contributed by atoms with van der Waals surface area (Å²) in [6.45, 7) is 12.3. The molecule has 0 spiro atoms. The maximum absolute atomic E-state index is 11.7. The van der Waals surface area contributed by atoms with E-state index in [1.807, 2.05) is 33.8 Å². The molecule has 0 unspecified atom stereocenters. The molecular weight excluding hydrogens is 655 g/mol.